The van der Waals surface area contributed by atoms with Crippen LogP contribution in [0.25, 0.3) is 22.6 Å². The van der Waals surface area contributed by atoms with Crippen molar-refractivity contribution in [1.29, 1.82) is 0 Å². The first-order valence-electron chi connectivity index (χ1n) is 11.7. The van der Waals surface area contributed by atoms with E-state index < -0.39 is 0 Å². The second kappa shape index (κ2) is 11.6. The zero-order valence-electron chi connectivity index (χ0n) is 20.6. The molecule has 0 aliphatic carbocycles. The molecule has 3 aromatic carbocycles. The lowest BCUT2D eigenvalue weighted by Gasteiger charge is -2.16. The normalized spacial score (nSPS) is 11.1. The zero-order chi connectivity index (χ0) is 27.4. The SMILES string of the molecule is COc1cccc(CNNC(=O)Cn2c(-c3nonc3N)nc3ccccc32)c1OCc1ccc(Cl)cc1Cl. The van der Waals surface area contributed by atoms with Gasteiger partial charge in [-0.05, 0) is 40.6 Å². The van der Waals surface area contributed by atoms with Gasteiger partial charge in [-0.1, -0.05) is 53.5 Å². The van der Waals surface area contributed by atoms with Gasteiger partial charge in [0.25, 0.3) is 5.91 Å². The van der Waals surface area contributed by atoms with Gasteiger partial charge in [0.05, 0.1) is 18.1 Å². The van der Waals surface area contributed by atoms with Crippen molar-refractivity contribution in [3.63, 3.8) is 0 Å². The number of halogens is 2. The second-order valence-corrected chi connectivity index (χ2v) is 9.23. The molecule has 0 bridgehead atoms. The Kier molecular flexibility index (Phi) is 7.82. The van der Waals surface area contributed by atoms with Crippen molar-refractivity contribution in [3.8, 4) is 23.0 Å². The first-order chi connectivity index (χ1) is 18.9. The van der Waals surface area contributed by atoms with Gasteiger partial charge < -0.3 is 19.8 Å². The third kappa shape index (κ3) is 5.75. The Bertz CT molecular complexity index is 1640. The topological polar surface area (TPSA) is 142 Å². The van der Waals surface area contributed by atoms with E-state index in [4.69, 9.17) is 43.0 Å². The number of nitrogens with zero attached hydrogens (tertiary/aromatic N) is 4. The van der Waals surface area contributed by atoms with Crippen LogP contribution in [0.1, 0.15) is 11.1 Å². The maximum atomic E-state index is 12.9. The van der Waals surface area contributed by atoms with Gasteiger partial charge in [0.2, 0.25) is 0 Å². The van der Waals surface area contributed by atoms with Crippen LogP contribution in [0.4, 0.5) is 5.82 Å². The number of fused-ring (bicyclic) bond motifs is 1. The third-order valence-electron chi connectivity index (χ3n) is 5.86. The van der Waals surface area contributed by atoms with Crippen molar-refractivity contribution in [3.05, 3.63) is 81.8 Å². The second-order valence-electron chi connectivity index (χ2n) is 8.38. The van der Waals surface area contributed by atoms with E-state index in [1.807, 2.05) is 36.4 Å². The van der Waals surface area contributed by atoms with Gasteiger partial charge in [0, 0.05) is 27.7 Å². The Morgan fingerprint density at radius 1 is 1.08 bits per heavy atom. The summed E-state index contributed by atoms with van der Waals surface area (Å²) in [6.45, 7) is 0.391. The number of nitrogen functional groups attached to an aromatic ring is 1. The highest BCUT2D eigenvalue weighted by molar-refractivity contribution is 6.35. The first-order valence-corrected chi connectivity index (χ1v) is 12.5. The van der Waals surface area contributed by atoms with Gasteiger partial charge in [-0.15, -0.1) is 0 Å². The monoisotopic (exact) mass is 567 g/mol. The molecule has 0 fully saturated rings. The summed E-state index contributed by atoms with van der Waals surface area (Å²) in [5.74, 6) is 1.18. The summed E-state index contributed by atoms with van der Waals surface area (Å²) in [4.78, 5) is 17.5. The number of amides is 1. The fraction of sp³-hybridized carbons (Fsp3) is 0.154. The first kappa shape index (κ1) is 26.3. The molecule has 2 heterocycles. The number of imidazole rings is 1. The lowest BCUT2D eigenvalue weighted by molar-refractivity contribution is -0.122. The van der Waals surface area contributed by atoms with Crippen LogP contribution in [-0.4, -0.2) is 32.9 Å². The van der Waals surface area contributed by atoms with Crippen LogP contribution in [0.2, 0.25) is 10.0 Å². The summed E-state index contributed by atoms with van der Waals surface area (Å²) in [5.41, 5.74) is 14.7. The van der Waals surface area contributed by atoms with Gasteiger partial charge in [0.15, 0.2) is 28.8 Å². The van der Waals surface area contributed by atoms with E-state index in [9.17, 15) is 4.79 Å². The van der Waals surface area contributed by atoms with Crippen LogP contribution < -0.4 is 26.1 Å². The number of anilines is 1. The van der Waals surface area contributed by atoms with E-state index in [0.29, 0.717) is 32.9 Å². The van der Waals surface area contributed by atoms with Crippen molar-refractivity contribution in [2.75, 3.05) is 12.8 Å². The van der Waals surface area contributed by atoms with Crippen molar-refractivity contribution in [1.82, 2.24) is 30.7 Å². The van der Waals surface area contributed by atoms with E-state index in [1.165, 1.54) is 0 Å². The number of benzene rings is 3. The molecule has 4 N–H and O–H groups in total. The Labute approximate surface area is 232 Å². The highest BCUT2D eigenvalue weighted by Gasteiger charge is 2.21. The number of carbonyl (C=O) groups excluding carboxylic acids is 1. The molecule has 0 atom stereocenters. The van der Waals surface area contributed by atoms with Crippen LogP contribution >= 0.6 is 23.2 Å². The minimum atomic E-state index is -0.326. The number of carbonyl (C=O) groups is 1. The lowest BCUT2D eigenvalue weighted by Crippen LogP contribution is -2.39. The van der Waals surface area contributed by atoms with Gasteiger partial charge in [-0.2, -0.15) is 0 Å². The average Bonchev–Trinajstić information content (AvgIpc) is 3.51. The van der Waals surface area contributed by atoms with Crippen LogP contribution in [0.5, 0.6) is 11.5 Å². The van der Waals surface area contributed by atoms with Crippen molar-refractivity contribution >= 4 is 46.0 Å². The molecular weight excluding hydrogens is 545 g/mol. The smallest absolute Gasteiger partial charge is 0.254 e. The molecule has 200 valence electrons. The molecule has 5 rings (SSSR count). The van der Waals surface area contributed by atoms with Gasteiger partial charge in [-0.25, -0.2) is 15.0 Å². The number of ether oxygens (including phenoxy) is 2. The predicted octanol–water partition coefficient (Wildman–Crippen LogP) is 4.38. The van der Waals surface area contributed by atoms with E-state index >= 15 is 0 Å². The van der Waals surface area contributed by atoms with Crippen molar-refractivity contribution in [2.24, 2.45) is 0 Å². The van der Waals surface area contributed by atoms with Crippen LogP contribution in [-0.2, 0) is 24.5 Å². The van der Waals surface area contributed by atoms with Crippen LogP contribution in [0.3, 0.4) is 0 Å². The van der Waals surface area contributed by atoms with Crippen LogP contribution in [0.15, 0.2) is 65.3 Å². The van der Waals surface area contributed by atoms with E-state index in [-0.39, 0.29) is 37.1 Å². The molecule has 0 aliphatic heterocycles. The molecule has 0 radical (unpaired) electrons. The van der Waals surface area contributed by atoms with E-state index in [0.717, 1.165) is 16.6 Å². The largest absolute Gasteiger partial charge is 0.493 e. The number of aromatic nitrogens is 4. The molecule has 0 spiro atoms. The average molecular weight is 568 g/mol. The number of nitrogens with two attached hydrogens (primary N) is 1. The number of hydrazine groups is 1. The summed E-state index contributed by atoms with van der Waals surface area (Å²) in [6.07, 6.45) is 0. The van der Waals surface area contributed by atoms with Gasteiger partial charge >= 0.3 is 0 Å². The highest BCUT2D eigenvalue weighted by Crippen LogP contribution is 2.33. The Balaban J connectivity index is 1.28. The fourth-order valence-electron chi connectivity index (χ4n) is 4.00. The quantitative estimate of drug-likeness (QED) is 0.209. The van der Waals surface area contributed by atoms with Crippen molar-refractivity contribution < 1.29 is 18.9 Å². The van der Waals surface area contributed by atoms with Crippen LogP contribution in [0, 0.1) is 0 Å². The molecular formula is C26H23Cl2N7O4. The Hall–Kier alpha value is -4.32. The number of methoxy groups -OCH3 is 1. The molecule has 0 saturated carbocycles. The number of rotatable bonds is 10. The van der Waals surface area contributed by atoms with Crippen molar-refractivity contribution in [2.45, 2.75) is 19.7 Å². The zero-order valence-corrected chi connectivity index (χ0v) is 22.2. The summed E-state index contributed by atoms with van der Waals surface area (Å²) in [6, 6.07) is 18.1. The highest BCUT2D eigenvalue weighted by atomic mass is 35.5. The minimum absolute atomic E-state index is 0.0638. The third-order valence-corrected chi connectivity index (χ3v) is 6.44. The summed E-state index contributed by atoms with van der Waals surface area (Å²) in [7, 11) is 1.56. The van der Waals surface area contributed by atoms with Gasteiger partial charge in [-0.3, -0.25) is 10.2 Å². The standard InChI is InChI=1S/C26H23Cl2N7O4/c1-37-21-8-4-5-15(24(21)38-14-16-9-10-17(27)11-18(16)28)12-30-32-22(36)13-35-20-7-3-2-6-19(20)31-26(35)23-25(29)34-39-33-23/h2-11,30H,12-14H2,1H3,(H2,29,34)(H,32,36). The predicted molar refractivity (Wildman–Crippen MR) is 146 cm³/mol. The summed E-state index contributed by atoms with van der Waals surface area (Å²) in [5, 5.41) is 8.51. The van der Waals surface area contributed by atoms with E-state index in [2.05, 4.69) is 26.1 Å². The number of nitrogens with one attached hydrogen (secondary N) is 2. The van der Waals surface area contributed by atoms with E-state index in [1.54, 1.807) is 35.9 Å². The van der Waals surface area contributed by atoms with Gasteiger partial charge in [0.1, 0.15) is 13.2 Å². The lowest BCUT2D eigenvalue weighted by atomic mass is 10.2. The number of para-hydroxylation sites is 3. The molecule has 0 saturated heterocycles. The summed E-state index contributed by atoms with van der Waals surface area (Å²) >= 11 is 12.3. The molecule has 2 aromatic heterocycles. The number of hydrogen-bond acceptors (Lipinski definition) is 9. The molecule has 5 aromatic rings. The molecule has 13 heteroatoms. The minimum Gasteiger partial charge on any atom is -0.493 e. The molecule has 1 amide bonds. The Morgan fingerprint density at radius 3 is 2.69 bits per heavy atom. The molecule has 0 aliphatic rings. The molecule has 11 nitrogen and oxygen atoms in total. The maximum absolute atomic E-state index is 12.9. The summed E-state index contributed by atoms with van der Waals surface area (Å²) < 4.78 is 18.0. The Morgan fingerprint density at radius 2 is 1.92 bits per heavy atom. The number of hydrogen-bond donors (Lipinski definition) is 3. The maximum Gasteiger partial charge on any atom is 0.254 e. The fourth-order valence-corrected chi connectivity index (χ4v) is 4.46. The molecule has 39 heavy (non-hydrogen) atoms. The molecule has 0 unspecified atom stereocenters.